The average molecular weight is 248 g/mol. The normalized spacial score (nSPS) is 15.5. The summed E-state index contributed by atoms with van der Waals surface area (Å²) in [4.78, 5) is 0. The fourth-order valence-corrected chi connectivity index (χ4v) is 1.78. The number of benzene rings is 1. The standard InChI is InChI=1S/C11H11ClFN.ClH/c12-9-1-2-10(11(13)7-9)8-3-5-14-6-4-8;/h1-3,7,14H,4-6H2;1H. The molecule has 0 saturated carbocycles. The highest BCUT2D eigenvalue weighted by atomic mass is 35.5. The van der Waals surface area contributed by atoms with Gasteiger partial charge >= 0.3 is 0 Å². The predicted molar refractivity (Wildman–Crippen MR) is 64.1 cm³/mol. The van der Waals surface area contributed by atoms with Crippen molar-refractivity contribution in [1.29, 1.82) is 0 Å². The van der Waals surface area contributed by atoms with Crippen LogP contribution in [0.25, 0.3) is 5.57 Å². The van der Waals surface area contributed by atoms with Gasteiger partial charge in [-0.25, -0.2) is 4.39 Å². The average Bonchev–Trinajstić information content (AvgIpc) is 2.19. The summed E-state index contributed by atoms with van der Waals surface area (Å²) < 4.78 is 13.5. The number of nitrogens with one attached hydrogen (secondary N) is 1. The largest absolute Gasteiger partial charge is 0.313 e. The van der Waals surface area contributed by atoms with Gasteiger partial charge in [-0.15, -0.1) is 12.4 Å². The summed E-state index contributed by atoms with van der Waals surface area (Å²) in [7, 11) is 0. The van der Waals surface area contributed by atoms with E-state index < -0.39 is 0 Å². The summed E-state index contributed by atoms with van der Waals surface area (Å²) in [5.74, 6) is -0.231. The molecule has 0 radical (unpaired) electrons. The van der Waals surface area contributed by atoms with E-state index in [4.69, 9.17) is 11.6 Å². The maximum atomic E-state index is 13.5. The quantitative estimate of drug-likeness (QED) is 0.804. The Morgan fingerprint density at radius 1 is 1.33 bits per heavy atom. The second-order valence-electron chi connectivity index (χ2n) is 3.31. The van der Waals surface area contributed by atoms with Crippen LogP contribution in [0.1, 0.15) is 12.0 Å². The van der Waals surface area contributed by atoms with Crippen molar-refractivity contribution in [2.75, 3.05) is 13.1 Å². The van der Waals surface area contributed by atoms with Crippen molar-refractivity contribution in [3.05, 3.63) is 40.7 Å². The van der Waals surface area contributed by atoms with E-state index in [1.54, 1.807) is 12.1 Å². The lowest BCUT2D eigenvalue weighted by Crippen LogP contribution is -2.20. The zero-order valence-electron chi connectivity index (χ0n) is 8.09. The molecule has 2 rings (SSSR count). The summed E-state index contributed by atoms with van der Waals surface area (Å²) in [6, 6.07) is 4.83. The van der Waals surface area contributed by atoms with E-state index >= 15 is 0 Å². The Balaban J connectivity index is 0.00000112. The van der Waals surface area contributed by atoms with E-state index in [1.165, 1.54) is 6.07 Å². The molecule has 1 aliphatic rings. The van der Waals surface area contributed by atoms with Crippen LogP contribution in [-0.4, -0.2) is 13.1 Å². The zero-order chi connectivity index (χ0) is 9.97. The minimum Gasteiger partial charge on any atom is -0.313 e. The second kappa shape index (κ2) is 5.50. The molecule has 0 fully saturated rings. The summed E-state index contributed by atoms with van der Waals surface area (Å²) >= 11 is 5.68. The van der Waals surface area contributed by atoms with Gasteiger partial charge in [0.05, 0.1) is 0 Å². The van der Waals surface area contributed by atoms with Gasteiger partial charge in [0.25, 0.3) is 0 Å². The lowest BCUT2D eigenvalue weighted by atomic mass is 10.00. The smallest absolute Gasteiger partial charge is 0.132 e. The summed E-state index contributed by atoms with van der Waals surface area (Å²) in [6.45, 7) is 1.73. The molecule has 0 unspecified atom stereocenters. The fraction of sp³-hybridized carbons (Fsp3) is 0.273. The minimum atomic E-state index is -0.231. The highest BCUT2D eigenvalue weighted by Gasteiger charge is 2.10. The third-order valence-electron chi connectivity index (χ3n) is 2.34. The zero-order valence-corrected chi connectivity index (χ0v) is 9.67. The molecule has 0 saturated heterocycles. The van der Waals surface area contributed by atoms with Gasteiger partial charge in [0.2, 0.25) is 0 Å². The molecule has 0 aromatic heterocycles. The van der Waals surface area contributed by atoms with E-state index in [9.17, 15) is 4.39 Å². The number of hydrogen-bond donors (Lipinski definition) is 1. The van der Waals surface area contributed by atoms with Gasteiger partial charge in [-0.1, -0.05) is 23.7 Å². The highest BCUT2D eigenvalue weighted by Crippen LogP contribution is 2.24. The van der Waals surface area contributed by atoms with Crippen LogP contribution in [0.4, 0.5) is 4.39 Å². The Hall–Kier alpha value is -0.570. The lowest BCUT2D eigenvalue weighted by Gasteiger charge is -2.14. The van der Waals surface area contributed by atoms with Gasteiger partial charge in [0.15, 0.2) is 0 Å². The molecule has 1 nitrogen and oxygen atoms in total. The Bertz CT molecular complexity index is 377. The van der Waals surface area contributed by atoms with Crippen LogP contribution in [0, 0.1) is 5.82 Å². The first-order valence-electron chi connectivity index (χ1n) is 4.62. The van der Waals surface area contributed by atoms with Gasteiger partial charge in [0.1, 0.15) is 5.82 Å². The molecule has 15 heavy (non-hydrogen) atoms. The first-order valence-corrected chi connectivity index (χ1v) is 5.00. The minimum absolute atomic E-state index is 0. The first kappa shape index (κ1) is 12.5. The van der Waals surface area contributed by atoms with Crippen molar-refractivity contribution in [3.8, 4) is 0 Å². The molecule has 1 aliphatic heterocycles. The van der Waals surface area contributed by atoms with E-state index in [0.717, 1.165) is 25.1 Å². The molecule has 1 heterocycles. The van der Waals surface area contributed by atoms with Crippen LogP contribution in [0.2, 0.25) is 5.02 Å². The molecule has 1 aromatic carbocycles. The molecule has 0 aliphatic carbocycles. The van der Waals surface area contributed by atoms with E-state index in [2.05, 4.69) is 5.32 Å². The molecule has 1 N–H and O–H groups in total. The van der Waals surface area contributed by atoms with E-state index in [1.807, 2.05) is 6.08 Å². The number of hydrogen-bond acceptors (Lipinski definition) is 1. The predicted octanol–water partition coefficient (Wildman–Crippen LogP) is 3.28. The van der Waals surface area contributed by atoms with Crippen molar-refractivity contribution in [2.45, 2.75) is 6.42 Å². The third kappa shape index (κ3) is 2.94. The maximum absolute atomic E-state index is 13.5. The molecule has 0 amide bonds. The summed E-state index contributed by atoms with van der Waals surface area (Å²) in [5, 5.41) is 3.64. The SMILES string of the molecule is Cl.Fc1cc(Cl)ccc1C1=CCNCC1. The van der Waals surface area contributed by atoms with Crippen LogP contribution in [0.5, 0.6) is 0 Å². The third-order valence-corrected chi connectivity index (χ3v) is 2.58. The van der Waals surface area contributed by atoms with Crippen molar-refractivity contribution in [3.63, 3.8) is 0 Å². The fourth-order valence-electron chi connectivity index (χ4n) is 1.62. The van der Waals surface area contributed by atoms with E-state index in [-0.39, 0.29) is 18.2 Å². The Morgan fingerprint density at radius 2 is 2.13 bits per heavy atom. The Morgan fingerprint density at radius 3 is 2.73 bits per heavy atom. The van der Waals surface area contributed by atoms with Crippen molar-refractivity contribution in [1.82, 2.24) is 5.32 Å². The molecule has 0 spiro atoms. The molecule has 0 atom stereocenters. The van der Waals surface area contributed by atoms with Crippen molar-refractivity contribution in [2.24, 2.45) is 0 Å². The molecule has 1 aromatic rings. The number of halogens is 3. The monoisotopic (exact) mass is 247 g/mol. The Labute approximate surface area is 99.7 Å². The lowest BCUT2D eigenvalue weighted by molar-refractivity contribution is 0.621. The highest BCUT2D eigenvalue weighted by molar-refractivity contribution is 6.30. The van der Waals surface area contributed by atoms with Gasteiger partial charge in [-0.05, 0) is 30.7 Å². The van der Waals surface area contributed by atoms with Crippen molar-refractivity contribution >= 4 is 29.6 Å². The van der Waals surface area contributed by atoms with Crippen LogP contribution < -0.4 is 5.32 Å². The van der Waals surface area contributed by atoms with Crippen LogP contribution in [0.15, 0.2) is 24.3 Å². The number of rotatable bonds is 1. The summed E-state index contributed by atoms with van der Waals surface area (Å²) in [5.41, 5.74) is 1.74. The van der Waals surface area contributed by atoms with E-state index in [0.29, 0.717) is 10.6 Å². The van der Waals surface area contributed by atoms with Gasteiger partial charge in [0, 0.05) is 17.1 Å². The maximum Gasteiger partial charge on any atom is 0.132 e. The topological polar surface area (TPSA) is 12.0 Å². The first-order chi connectivity index (χ1) is 6.77. The second-order valence-corrected chi connectivity index (χ2v) is 3.74. The Kier molecular flexibility index (Phi) is 4.58. The van der Waals surface area contributed by atoms with Crippen LogP contribution in [0.3, 0.4) is 0 Å². The van der Waals surface area contributed by atoms with Gasteiger partial charge in [-0.2, -0.15) is 0 Å². The summed E-state index contributed by atoms with van der Waals surface area (Å²) in [6.07, 6.45) is 2.90. The molecule has 82 valence electrons. The van der Waals surface area contributed by atoms with Crippen LogP contribution in [-0.2, 0) is 0 Å². The molecular formula is C11H12Cl2FN. The molecular weight excluding hydrogens is 236 g/mol. The molecule has 0 bridgehead atoms. The molecule has 4 heteroatoms. The van der Waals surface area contributed by atoms with Crippen molar-refractivity contribution < 1.29 is 4.39 Å². The van der Waals surface area contributed by atoms with Crippen LogP contribution >= 0.6 is 24.0 Å². The van der Waals surface area contributed by atoms with Gasteiger partial charge < -0.3 is 5.32 Å². The van der Waals surface area contributed by atoms with Gasteiger partial charge in [-0.3, -0.25) is 0 Å².